The van der Waals surface area contributed by atoms with Crippen molar-refractivity contribution in [2.24, 2.45) is 70.5 Å². The lowest BCUT2D eigenvalue weighted by Gasteiger charge is -2.10. The van der Waals surface area contributed by atoms with E-state index in [0.29, 0.717) is 35.0 Å². The van der Waals surface area contributed by atoms with Crippen LogP contribution in [0.15, 0.2) is 110 Å². The molecule has 10 heterocycles. The number of carbonyl (C=O) groups is 15. The highest BCUT2D eigenvalue weighted by Crippen LogP contribution is 2.25. The van der Waals surface area contributed by atoms with Gasteiger partial charge in [0.05, 0.1) is 45.5 Å². The maximum atomic E-state index is 13.6. The Morgan fingerprint density at radius 3 is 0.818 bits per heavy atom. The van der Waals surface area contributed by atoms with E-state index in [0.717, 1.165) is 13.0 Å². The molecular weight excluding hydrogens is 1570 g/mol. The van der Waals surface area contributed by atoms with E-state index < -0.39 is 76.8 Å². The SMILES string of the molecule is CC(=O)Nc1cn(C)c(C(=O)Nc2cc(C(=O)NCCC(=O)Nc3cc(C(=O)Nc4cc(C(=O)Nc5cc(C(=O)NCCCC(=O)Nc6cc(C(=O)Nc7cc(C(=O)Nc8cc(C(=O)NCCC(=O)Nc9cn(C)c(C(=O)Nc%10cc(C(=O)NCCC(=O)NCCCN(C)C)n(C)c%10)n9)n(C)c8)n(C)c7)n(C)c6)n(C)c5)n(C)c4)n(C)c3)n(C)c2)n1. The monoisotopic (exact) mass is 1660 g/mol. The van der Waals surface area contributed by atoms with E-state index >= 15 is 0 Å². The number of amides is 15. The molecule has 0 aromatic carbocycles. The predicted molar refractivity (Wildman–Crippen MR) is 446 cm³/mol. The largest absolute Gasteiger partial charge is 0.356 e. The van der Waals surface area contributed by atoms with Crippen molar-refractivity contribution in [3.63, 3.8) is 0 Å². The highest BCUT2D eigenvalue weighted by molar-refractivity contribution is 6.11. The van der Waals surface area contributed by atoms with E-state index in [1.807, 2.05) is 19.0 Å². The maximum absolute atomic E-state index is 13.6. The molecule has 0 radical (unpaired) electrons. The Hall–Kier alpha value is -15.3. The second kappa shape index (κ2) is 39.1. The van der Waals surface area contributed by atoms with Gasteiger partial charge in [0.25, 0.3) is 59.1 Å². The molecule has 10 aromatic heterocycles. The smallest absolute Gasteiger partial charge is 0.291 e. The summed E-state index contributed by atoms with van der Waals surface area (Å²) in [5, 5.41) is 40.7. The standard InChI is InChI=1S/C78H96N28O15/c1-44(107)84-61-42-105(12)67(94-61)77(120)91-51-31-56(100(7)40-51)72(115)82-23-18-65(110)86-46-27-58(102(9)35-46)74(117)90-50-33-59(103(10)39-50)75(118)87-47-28-53(97(4)36-47)69(112)80-20-14-16-64(109)85-45-26-57(101(8)34-45)73(116)89-49-32-60(104(11)38-49)76(119)88-48-29-54(98(5)37-48)71(114)83-24-19-66(111)93-62-43-106(13)68(95-62)78(121)92-52-30-55(99(6)41-52)70(113)81-22-17-63(108)79-21-15-25-96(2)3/h26-43H,14-25H2,1-13H3,(H,79,108)(H,80,112)(H,81,113)(H,82,115)(H,83,114)(H,84,107)(H,85,109)(H,86,110)(H,87,118)(H,88,119)(H,89,116)(H,90,117)(H,91,120)(H,92,121)(H,93,111). The van der Waals surface area contributed by atoms with Crippen molar-refractivity contribution in [1.29, 1.82) is 0 Å². The molecule has 638 valence electrons. The van der Waals surface area contributed by atoms with Crippen LogP contribution >= 0.6 is 0 Å². The van der Waals surface area contributed by atoms with Crippen LogP contribution in [0.5, 0.6) is 0 Å². The Morgan fingerprint density at radius 1 is 0.264 bits per heavy atom. The normalized spacial score (nSPS) is 11.0. The van der Waals surface area contributed by atoms with Crippen LogP contribution in [0.25, 0.3) is 0 Å². The zero-order chi connectivity index (χ0) is 87.8. The van der Waals surface area contributed by atoms with Crippen molar-refractivity contribution in [3.8, 4) is 0 Å². The van der Waals surface area contributed by atoms with Gasteiger partial charge in [0.1, 0.15) is 45.6 Å². The number of hydrogen-bond acceptors (Lipinski definition) is 18. The molecule has 0 fully saturated rings. The molecule has 0 aliphatic carbocycles. The summed E-state index contributed by atoms with van der Waals surface area (Å²) in [6.07, 6.45) is 16.0. The molecule has 15 amide bonds. The number of imidazole rings is 2. The third-order valence-corrected chi connectivity index (χ3v) is 18.6. The van der Waals surface area contributed by atoms with E-state index in [-0.39, 0.29) is 156 Å². The first-order valence-corrected chi connectivity index (χ1v) is 37.9. The van der Waals surface area contributed by atoms with Crippen LogP contribution in [0.3, 0.4) is 0 Å². The van der Waals surface area contributed by atoms with Crippen LogP contribution in [-0.2, 0) is 94.4 Å². The number of nitrogens with one attached hydrogen (secondary N) is 15. The minimum absolute atomic E-state index is 0.00460. The summed E-state index contributed by atoms with van der Waals surface area (Å²) in [5.74, 6) is -7.06. The van der Waals surface area contributed by atoms with E-state index in [4.69, 9.17) is 0 Å². The lowest BCUT2D eigenvalue weighted by atomic mass is 10.2. The average Bonchev–Trinajstić information content (AvgIpc) is 1.68. The Bertz CT molecular complexity index is 5680. The van der Waals surface area contributed by atoms with Gasteiger partial charge >= 0.3 is 0 Å². The number of carbonyl (C=O) groups excluding carboxylic acids is 15. The quantitative estimate of drug-likeness (QED) is 0.0249. The van der Waals surface area contributed by atoms with Gasteiger partial charge in [-0.1, -0.05) is 0 Å². The molecule has 0 unspecified atom stereocenters. The summed E-state index contributed by atoms with van der Waals surface area (Å²) in [7, 11) is 19.9. The third-order valence-electron chi connectivity index (χ3n) is 18.6. The first-order valence-electron chi connectivity index (χ1n) is 37.9. The first-order chi connectivity index (χ1) is 57.4. The van der Waals surface area contributed by atoms with Crippen LogP contribution in [0.1, 0.15) is 151 Å². The van der Waals surface area contributed by atoms with Crippen molar-refractivity contribution in [2.45, 2.75) is 45.4 Å². The molecule has 10 aromatic rings. The molecule has 0 aliphatic heterocycles. The van der Waals surface area contributed by atoms with Crippen molar-refractivity contribution >= 4 is 146 Å². The zero-order valence-electron chi connectivity index (χ0n) is 68.8. The van der Waals surface area contributed by atoms with E-state index in [2.05, 4.69) is 89.7 Å². The Labute approximate surface area is 692 Å². The summed E-state index contributed by atoms with van der Waals surface area (Å²) in [6, 6.07) is 11.7. The van der Waals surface area contributed by atoms with Gasteiger partial charge in [-0.25, -0.2) is 9.97 Å². The van der Waals surface area contributed by atoms with Gasteiger partial charge in [0, 0.05) is 198 Å². The highest BCUT2D eigenvalue weighted by Gasteiger charge is 2.26. The molecular formula is C78H96N28O15. The predicted octanol–water partition coefficient (Wildman–Crippen LogP) is 3.19. The number of aromatic nitrogens is 12. The van der Waals surface area contributed by atoms with Crippen molar-refractivity contribution in [2.75, 3.05) is 107 Å². The highest BCUT2D eigenvalue weighted by atomic mass is 16.2. The van der Waals surface area contributed by atoms with Crippen molar-refractivity contribution in [3.05, 3.63) is 168 Å². The van der Waals surface area contributed by atoms with Crippen LogP contribution in [0.2, 0.25) is 0 Å². The lowest BCUT2D eigenvalue weighted by molar-refractivity contribution is -0.121. The molecule has 121 heavy (non-hydrogen) atoms. The van der Waals surface area contributed by atoms with Crippen molar-refractivity contribution < 1.29 is 71.9 Å². The van der Waals surface area contributed by atoms with Crippen LogP contribution in [0.4, 0.5) is 57.1 Å². The van der Waals surface area contributed by atoms with Crippen molar-refractivity contribution in [1.82, 2.24) is 87.1 Å². The van der Waals surface area contributed by atoms with Gasteiger partial charge in [-0.3, -0.25) is 71.9 Å². The zero-order valence-corrected chi connectivity index (χ0v) is 68.8. The molecule has 0 aliphatic rings. The summed E-state index contributed by atoms with van der Waals surface area (Å²) in [5.41, 5.74) is 3.80. The Morgan fingerprint density at radius 2 is 0.512 bits per heavy atom. The van der Waals surface area contributed by atoms with Gasteiger partial charge in [0.15, 0.2) is 11.6 Å². The summed E-state index contributed by atoms with van der Waals surface area (Å²) < 4.78 is 14.9. The minimum Gasteiger partial charge on any atom is -0.356 e. The Balaban J connectivity index is 0.598. The molecule has 10 rings (SSSR count). The van der Waals surface area contributed by atoms with Gasteiger partial charge < -0.3 is 130 Å². The third kappa shape index (κ3) is 23.5. The molecule has 43 nitrogen and oxygen atoms in total. The van der Waals surface area contributed by atoms with Gasteiger partial charge in [0.2, 0.25) is 41.2 Å². The fourth-order valence-corrected chi connectivity index (χ4v) is 12.7. The molecule has 0 saturated heterocycles. The van der Waals surface area contributed by atoms with E-state index in [9.17, 15) is 71.9 Å². The second-order valence-corrected chi connectivity index (χ2v) is 28.9. The number of aryl methyl sites for hydroxylation is 10. The summed E-state index contributed by atoms with van der Waals surface area (Å²) >= 11 is 0. The van der Waals surface area contributed by atoms with Gasteiger partial charge in [-0.15, -0.1) is 0 Å². The maximum Gasteiger partial charge on any atom is 0.291 e. The fraction of sp³-hybridized carbons (Fsp3) is 0.321. The van der Waals surface area contributed by atoms with Crippen LogP contribution in [-0.4, -0.2) is 203 Å². The van der Waals surface area contributed by atoms with Gasteiger partial charge in [-0.05, 0) is 82.0 Å². The van der Waals surface area contributed by atoms with Crippen LogP contribution in [0, 0.1) is 0 Å². The molecule has 0 atom stereocenters. The molecule has 0 bridgehead atoms. The Kier molecular flexibility index (Phi) is 28.4. The van der Waals surface area contributed by atoms with Gasteiger partial charge in [-0.2, -0.15) is 0 Å². The molecule has 0 spiro atoms. The van der Waals surface area contributed by atoms with E-state index in [1.54, 1.807) is 89.1 Å². The minimum atomic E-state index is -0.622. The number of nitrogens with zero attached hydrogens (tertiary/aromatic N) is 13. The second-order valence-electron chi connectivity index (χ2n) is 28.9. The number of rotatable bonds is 37. The average molecular weight is 1670 g/mol. The number of hydrogen-bond donors (Lipinski definition) is 15. The fourth-order valence-electron chi connectivity index (χ4n) is 12.7. The molecule has 43 heteroatoms. The molecule has 15 N–H and O–H groups in total. The molecule has 0 saturated carbocycles. The topological polar surface area (TPSA) is 515 Å². The summed E-state index contributed by atoms with van der Waals surface area (Å²) in [6.45, 7) is 2.76. The number of anilines is 10. The first kappa shape index (κ1) is 88.0. The van der Waals surface area contributed by atoms with Crippen LogP contribution < -0.4 is 79.8 Å². The summed E-state index contributed by atoms with van der Waals surface area (Å²) in [4.78, 5) is 206. The lowest BCUT2D eigenvalue weighted by Crippen LogP contribution is -2.32. The van der Waals surface area contributed by atoms with E-state index in [1.165, 1.54) is 145 Å².